The molecule has 128 valence electrons. The van der Waals surface area contributed by atoms with Crippen LogP contribution in [-0.4, -0.2) is 29.8 Å². The van der Waals surface area contributed by atoms with Crippen molar-refractivity contribution >= 4 is 23.7 Å². The Bertz CT molecular complexity index is 501. The quantitative estimate of drug-likeness (QED) is 0.752. The third kappa shape index (κ3) is 4.09. The Morgan fingerprint density at radius 3 is 2.22 bits per heavy atom. The SMILES string of the molecule is CC(C)[C@@H](OC(=O)C1C[C@H]2CCC[C@@H](C1)C2=O)C(=O)NC(N)=O. The lowest BCUT2D eigenvalue weighted by atomic mass is 9.67. The van der Waals surface area contributed by atoms with E-state index in [9.17, 15) is 19.2 Å². The molecule has 0 aromatic carbocycles. The molecule has 0 aromatic rings. The number of primary amides is 1. The minimum atomic E-state index is -1.06. The number of hydrogen-bond acceptors (Lipinski definition) is 5. The summed E-state index contributed by atoms with van der Waals surface area (Å²) in [5.41, 5.74) is 4.93. The molecule has 2 rings (SSSR count). The zero-order valence-electron chi connectivity index (χ0n) is 13.5. The van der Waals surface area contributed by atoms with E-state index in [1.54, 1.807) is 13.8 Å². The van der Waals surface area contributed by atoms with Crippen molar-refractivity contribution in [2.24, 2.45) is 29.4 Å². The highest BCUT2D eigenvalue weighted by molar-refractivity contribution is 5.97. The van der Waals surface area contributed by atoms with Crippen molar-refractivity contribution < 1.29 is 23.9 Å². The first-order valence-corrected chi connectivity index (χ1v) is 8.14. The van der Waals surface area contributed by atoms with Crippen molar-refractivity contribution in [2.75, 3.05) is 0 Å². The van der Waals surface area contributed by atoms with Crippen LogP contribution in [-0.2, 0) is 19.1 Å². The number of carbonyl (C=O) groups excluding carboxylic acids is 4. The van der Waals surface area contributed by atoms with E-state index in [2.05, 4.69) is 0 Å². The second kappa shape index (κ2) is 7.10. The molecule has 3 N–H and O–H groups in total. The predicted molar refractivity (Wildman–Crippen MR) is 81.0 cm³/mol. The summed E-state index contributed by atoms with van der Waals surface area (Å²) in [5.74, 6) is -1.67. The van der Waals surface area contributed by atoms with Gasteiger partial charge in [-0.3, -0.25) is 19.7 Å². The minimum Gasteiger partial charge on any atom is -0.452 e. The molecule has 2 bridgehead atoms. The van der Waals surface area contributed by atoms with E-state index in [1.165, 1.54) is 0 Å². The molecule has 0 radical (unpaired) electrons. The van der Waals surface area contributed by atoms with Crippen LogP contribution in [0.3, 0.4) is 0 Å². The first-order chi connectivity index (χ1) is 10.8. The largest absolute Gasteiger partial charge is 0.452 e. The van der Waals surface area contributed by atoms with Crippen LogP contribution in [0.2, 0.25) is 0 Å². The lowest BCUT2D eigenvalue weighted by Crippen LogP contribution is -2.47. The van der Waals surface area contributed by atoms with Gasteiger partial charge in [0.1, 0.15) is 5.78 Å². The van der Waals surface area contributed by atoms with Crippen molar-refractivity contribution in [1.29, 1.82) is 0 Å². The van der Waals surface area contributed by atoms with Crippen LogP contribution in [0.4, 0.5) is 4.79 Å². The summed E-state index contributed by atoms with van der Waals surface area (Å²) in [7, 11) is 0. The highest BCUT2D eigenvalue weighted by Crippen LogP contribution is 2.40. The van der Waals surface area contributed by atoms with Gasteiger partial charge in [-0.2, -0.15) is 0 Å². The molecular formula is C16H24N2O5. The molecule has 0 saturated heterocycles. The van der Waals surface area contributed by atoms with Gasteiger partial charge in [-0.05, 0) is 31.6 Å². The number of ketones is 1. The standard InChI is InChI=1S/C16H24N2O5/c1-8(2)13(14(20)18-16(17)22)23-15(21)11-6-9-4-3-5-10(7-11)12(9)19/h8-11,13H,3-7H2,1-2H3,(H3,17,18,20,22)/t9-,10+,11?,13-/m1/s1. The molecular weight excluding hydrogens is 300 g/mol. The summed E-state index contributed by atoms with van der Waals surface area (Å²) in [4.78, 5) is 47.2. The summed E-state index contributed by atoms with van der Waals surface area (Å²) in [6, 6.07) is -0.977. The van der Waals surface area contributed by atoms with E-state index >= 15 is 0 Å². The molecule has 0 spiro atoms. The van der Waals surface area contributed by atoms with Crippen LogP contribution in [0.5, 0.6) is 0 Å². The summed E-state index contributed by atoms with van der Waals surface area (Å²) in [6.07, 6.45) is 2.61. The van der Waals surface area contributed by atoms with E-state index in [1.807, 2.05) is 5.32 Å². The van der Waals surface area contributed by atoms with Gasteiger partial charge in [-0.1, -0.05) is 20.3 Å². The first-order valence-electron chi connectivity index (χ1n) is 8.14. The number of imide groups is 1. The van der Waals surface area contributed by atoms with Crippen LogP contribution >= 0.6 is 0 Å². The van der Waals surface area contributed by atoms with Gasteiger partial charge in [0.2, 0.25) is 0 Å². The number of amides is 3. The zero-order chi connectivity index (χ0) is 17.1. The fourth-order valence-electron chi connectivity index (χ4n) is 3.58. The van der Waals surface area contributed by atoms with Gasteiger partial charge in [-0.15, -0.1) is 0 Å². The van der Waals surface area contributed by atoms with Gasteiger partial charge in [-0.25, -0.2) is 4.79 Å². The number of fused-ring (bicyclic) bond motifs is 2. The van der Waals surface area contributed by atoms with Gasteiger partial charge in [0.25, 0.3) is 5.91 Å². The molecule has 0 aliphatic heterocycles. The van der Waals surface area contributed by atoms with Crippen LogP contribution in [0.15, 0.2) is 0 Å². The summed E-state index contributed by atoms with van der Waals surface area (Å²) < 4.78 is 5.34. The van der Waals surface area contributed by atoms with Crippen molar-refractivity contribution in [3.05, 3.63) is 0 Å². The van der Waals surface area contributed by atoms with Gasteiger partial charge in [0, 0.05) is 11.8 Å². The smallest absolute Gasteiger partial charge is 0.318 e. The molecule has 2 aliphatic carbocycles. The van der Waals surface area contributed by atoms with Crippen LogP contribution in [0, 0.1) is 23.7 Å². The Kier molecular flexibility index (Phi) is 5.38. The zero-order valence-corrected chi connectivity index (χ0v) is 13.5. The second-order valence-electron chi connectivity index (χ2n) is 6.85. The van der Waals surface area contributed by atoms with Gasteiger partial charge in [0.05, 0.1) is 5.92 Å². The predicted octanol–water partition coefficient (Wildman–Crippen LogP) is 1.14. The maximum absolute atomic E-state index is 12.4. The minimum absolute atomic E-state index is 0.0583. The molecule has 7 nitrogen and oxygen atoms in total. The molecule has 23 heavy (non-hydrogen) atoms. The van der Waals surface area contributed by atoms with E-state index in [-0.39, 0.29) is 29.5 Å². The summed E-state index contributed by atoms with van der Waals surface area (Å²) in [5, 5.41) is 1.95. The van der Waals surface area contributed by atoms with Crippen LogP contribution in [0.25, 0.3) is 0 Å². The number of hydrogen-bond donors (Lipinski definition) is 2. The Balaban J connectivity index is 2.00. The molecule has 3 amide bonds. The number of esters is 1. The van der Waals surface area contributed by atoms with Crippen molar-refractivity contribution in [3.63, 3.8) is 0 Å². The lowest BCUT2D eigenvalue weighted by Gasteiger charge is -2.37. The second-order valence-corrected chi connectivity index (χ2v) is 6.85. The van der Waals surface area contributed by atoms with Crippen LogP contribution < -0.4 is 11.1 Å². The number of nitrogens with one attached hydrogen (secondary N) is 1. The van der Waals surface area contributed by atoms with E-state index < -0.39 is 24.0 Å². The third-order valence-corrected chi connectivity index (χ3v) is 4.73. The Labute approximate surface area is 135 Å². The maximum Gasteiger partial charge on any atom is 0.318 e. The fourth-order valence-corrected chi connectivity index (χ4v) is 3.58. The van der Waals surface area contributed by atoms with Crippen LogP contribution in [0.1, 0.15) is 46.0 Å². The molecule has 0 heterocycles. The lowest BCUT2D eigenvalue weighted by molar-refractivity contribution is -0.165. The number of ether oxygens (including phenoxy) is 1. The number of rotatable bonds is 4. The van der Waals surface area contributed by atoms with Gasteiger partial charge in [0.15, 0.2) is 6.10 Å². The van der Waals surface area contributed by atoms with Crippen molar-refractivity contribution in [1.82, 2.24) is 5.32 Å². The number of Topliss-reactive ketones (excluding diaryl/α,β-unsaturated/α-hetero) is 1. The number of nitrogens with two attached hydrogens (primary N) is 1. The fraction of sp³-hybridized carbons (Fsp3) is 0.750. The molecule has 0 aromatic heterocycles. The average molecular weight is 324 g/mol. The third-order valence-electron chi connectivity index (χ3n) is 4.73. The molecule has 4 atom stereocenters. The van der Waals surface area contributed by atoms with E-state index in [0.29, 0.717) is 12.8 Å². The monoisotopic (exact) mass is 324 g/mol. The Hall–Kier alpha value is -1.92. The highest BCUT2D eigenvalue weighted by Gasteiger charge is 2.42. The molecule has 2 saturated carbocycles. The molecule has 7 heteroatoms. The van der Waals surface area contributed by atoms with Crippen molar-refractivity contribution in [2.45, 2.75) is 52.1 Å². The Morgan fingerprint density at radius 2 is 1.74 bits per heavy atom. The topological polar surface area (TPSA) is 116 Å². The Morgan fingerprint density at radius 1 is 1.17 bits per heavy atom. The highest BCUT2D eigenvalue weighted by atomic mass is 16.5. The summed E-state index contributed by atoms with van der Waals surface area (Å²) in [6.45, 7) is 3.44. The molecule has 2 aliphatic rings. The molecule has 1 unspecified atom stereocenters. The average Bonchev–Trinajstić information content (AvgIpc) is 2.42. The van der Waals surface area contributed by atoms with E-state index in [4.69, 9.17) is 10.5 Å². The first kappa shape index (κ1) is 17.4. The summed E-state index contributed by atoms with van der Waals surface area (Å²) >= 11 is 0. The van der Waals surface area contributed by atoms with E-state index in [0.717, 1.165) is 19.3 Å². The molecule has 2 fully saturated rings. The normalized spacial score (nSPS) is 28.1. The van der Waals surface area contributed by atoms with Crippen molar-refractivity contribution in [3.8, 4) is 0 Å². The maximum atomic E-state index is 12.4. The van der Waals surface area contributed by atoms with Gasteiger partial charge >= 0.3 is 12.0 Å². The number of urea groups is 1. The van der Waals surface area contributed by atoms with Gasteiger partial charge < -0.3 is 10.5 Å². The number of carbonyl (C=O) groups is 4.